The van der Waals surface area contributed by atoms with Crippen LogP contribution in [-0.2, 0) is 0 Å². The second kappa shape index (κ2) is 7.28. The molecule has 0 spiro atoms. The third-order valence-electron chi connectivity index (χ3n) is 2.97. The van der Waals surface area contributed by atoms with E-state index < -0.39 is 0 Å². The van der Waals surface area contributed by atoms with Gasteiger partial charge >= 0.3 is 0 Å². The monoisotopic (exact) mass is 290 g/mol. The van der Waals surface area contributed by atoms with Crippen LogP contribution in [0.25, 0.3) is 0 Å². The third kappa shape index (κ3) is 4.48. The van der Waals surface area contributed by atoms with Gasteiger partial charge in [0.25, 0.3) is 5.91 Å². The quantitative estimate of drug-likeness (QED) is 0.557. The molecule has 1 rings (SSSR count). The molecule has 21 heavy (non-hydrogen) atoms. The minimum Gasteiger partial charge on any atom is -0.370 e. The van der Waals surface area contributed by atoms with Crippen molar-refractivity contribution in [2.75, 3.05) is 13.1 Å². The van der Waals surface area contributed by atoms with E-state index in [9.17, 15) is 4.79 Å². The van der Waals surface area contributed by atoms with Gasteiger partial charge in [0.05, 0.1) is 5.69 Å². The lowest BCUT2D eigenvalue weighted by molar-refractivity contribution is 0.0773. The predicted octanol–water partition coefficient (Wildman–Crippen LogP) is 0.697. The molecule has 0 aliphatic heterocycles. The van der Waals surface area contributed by atoms with Gasteiger partial charge in [-0.2, -0.15) is 4.99 Å². The van der Waals surface area contributed by atoms with Crippen molar-refractivity contribution in [1.82, 2.24) is 4.90 Å². The van der Waals surface area contributed by atoms with Crippen LogP contribution in [0.1, 0.15) is 29.8 Å². The fourth-order valence-electron chi connectivity index (χ4n) is 1.89. The van der Waals surface area contributed by atoms with E-state index in [1.807, 2.05) is 20.8 Å². The number of hydrogen-bond donors (Lipinski definition) is 3. The Bertz CT molecular complexity index is 571. The number of hydrogen-bond acceptors (Lipinski definition) is 2. The van der Waals surface area contributed by atoms with Crippen LogP contribution in [0.4, 0.5) is 5.69 Å². The van der Waals surface area contributed by atoms with E-state index >= 15 is 0 Å². The smallest absolute Gasteiger partial charge is 0.253 e. The minimum atomic E-state index is -0.151. The maximum absolute atomic E-state index is 12.2. The van der Waals surface area contributed by atoms with E-state index in [1.165, 1.54) is 0 Å². The van der Waals surface area contributed by atoms with Crippen LogP contribution in [0, 0.1) is 6.92 Å². The summed E-state index contributed by atoms with van der Waals surface area (Å²) in [4.78, 5) is 21.8. The van der Waals surface area contributed by atoms with Gasteiger partial charge in [0.2, 0.25) is 5.96 Å². The molecule has 7 heteroatoms. The fourth-order valence-corrected chi connectivity index (χ4v) is 1.89. The number of rotatable bonds is 4. The van der Waals surface area contributed by atoms with Crippen LogP contribution in [0.2, 0.25) is 0 Å². The molecule has 0 heterocycles. The molecule has 0 unspecified atom stereocenters. The molecule has 0 fully saturated rings. The molecule has 0 aromatic heterocycles. The van der Waals surface area contributed by atoms with E-state index in [0.717, 1.165) is 5.56 Å². The first-order valence-electron chi connectivity index (χ1n) is 6.72. The Kier molecular flexibility index (Phi) is 5.71. The third-order valence-corrected chi connectivity index (χ3v) is 2.97. The van der Waals surface area contributed by atoms with Crippen molar-refractivity contribution in [3.05, 3.63) is 29.3 Å². The van der Waals surface area contributed by atoms with Gasteiger partial charge in [-0.3, -0.25) is 4.79 Å². The summed E-state index contributed by atoms with van der Waals surface area (Å²) < 4.78 is 0. The number of amides is 1. The predicted molar refractivity (Wildman–Crippen MR) is 85.5 cm³/mol. The molecule has 0 bridgehead atoms. The molecule has 0 saturated heterocycles. The number of benzene rings is 1. The fraction of sp³-hybridized carbons (Fsp3) is 0.357. The van der Waals surface area contributed by atoms with Gasteiger partial charge in [0, 0.05) is 18.7 Å². The van der Waals surface area contributed by atoms with Crippen LogP contribution >= 0.6 is 0 Å². The lowest BCUT2D eigenvalue weighted by Gasteiger charge is -2.19. The molecule has 114 valence electrons. The summed E-state index contributed by atoms with van der Waals surface area (Å²) in [6, 6.07) is 5.22. The van der Waals surface area contributed by atoms with Crippen molar-refractivity contribution in [2.45, 2.75) is 20.8 Å². The topological polar surface area (TPSA) is 123 Å². The summed E-state index contributed by atoms with van der Waals surface area (Å²) in [7, 11) is 0. The van der Waals surface area contributed by atoms with Crippen molar-refractivity contribution in [3.8, 4) is 0 Å². The molecule has 0 atom stereocenters. The summed E-state index contributed by atoms with van der Waals surface area (Å²) >= 11 is 0. The van der Waals surface area contributed by atoms with Gasteiger partial charge in [-0.1, -0.05) is 0 Å². The maximum atomic E-state index is 12.2. The summed E-state index contributed by atoms with van der Waals surface area (Å²) in [6.45, 7) is 7.09. The number of carbonyl (C=O) groups excluding carboxylic acids is 1. The number of nitrogens with two attached hydrogens (primary N) is 3. The highest BCUT2D eigenvalue weighted by molar-refractivity contribution is 5.96. The van der Waals surface area contributed by atoms with E-state index in [1.54, 1.807) is 23.1 Å². The molecule has 0 saturated carbocycles. The van der Waals surface area contributed by atoms with E-state index in [0.29, 0.717) is 24.3 Å². The van der Waals surface area contributed by atoms with E-state index in [2.05, 4.69) is 9.98 Å². The summed E-state index contributed by atoms with van der Waals surface area (Å²) in [5, 5.41) is 0. The van der Waals surface area contributed by atoms with Crippen molar-refractivity contribution in [3.63, 3.8) is 0 Å². The minimum absolute atomic E-state index is 0.00387. The van der Waals surface area contributed by atoms with Crippen LogP contribution in [-0.4, -0.2) is 35.8 Å². The van der Waals surface area contributed by atoms with E-state index in [-0.39, 0.29) is 17.8 Å². The first-order chi connectivity index (χ1) is 9.88. The molecule has 0 radical (unpaired) electrons. The lowest BCUT2D eigenvalue weighted by atomic mass is 10.1. The second-order valence-electron chi connectivity index (χ2n) is 4.49. The number of guanidine groups is 2. The highest BCUT2D eigenvalue weighted by Crippen LogP contribution is 2.20. The Morgan fingerprint density at radius 3 is 2.29 bits per heavy atom. The Labute approximate surface area is 124 Å². The Hall–Kier alpha value is -2.57. The van der Waals surface area contributed by atoms with Gasteiger partial charge in [-0.15, -0.1) is 0 Å². The average Bonchev–Trinajstić information content (AvgIpc) is 2.41. The Morgan fingerprint density at radius 2 is 1.81 bits per heavy atom. The Morgan fingerprint density at radius 1 is 1.19 bits per heavy atom. The largest absolute Gasteiger partial charge is 0.370 e. The van der Waals surface area contributed by atoms with Crippen LogP contribution in [0.15, 0.2) is 28.2 Å². The van der Waals surface area contributed by atoms with Crippen LogP contribution in [0.3, 0.4) is 0 Å². The van der Waals surface area contributed by atoms with Crippen molar-refractivity contribution >= 4 is 23.5 Å². The lowest BCUT2D eigenvalue weighted by Crippen LogP contribution is -2.30. The van der Waals surface area contributed by atoms with Crippen molar-refractivity contribution < 1.29 is 4.79 Å². The van der Waals surface area contributed by atoms with Crippen molar-refractivity contribution in [2.24, 2.45) is 27.2 Å². The number of carbonyl (C=O) groups is 1. The standard InChI is InChI=1S/C14H22N6O/c1-4-20(5-2)12(21)10-6-7-11(9(3)8-10)18-14(17)19-13(15)16/h6-8H,4-5H2,1-3H3,(H6,15,16,17,18,19). The van der Waals surface area contributed by atoms with Gasteiger partial charge in [0.1, 0.15) is 0 Å². The molecule has 0 aliphatic rings. The molecule has 1 aromatic carbocycles. The first kappa shape index (κ1) is 16.5. The summed E-state index contributed by atoms with van der Waals surface area (Å²) in [6.07, 6.45) is 0. The van der Waals surface area contributed by atoms with Gasteiger partial charge in [-0.25, -0.2) is 4.99 Å². The molecule has 6 N–H and O–H groups in total. The highest BCUT2D eigenvalue weighted by atomic mass is 16.2. The zero-order chi connectivity index (χ0) is 16.0. The zero-order valence-electron chi connectivity index (χ0n) is 12.6. The first-order valence-corrected chi connectivity index (χ1v) is 6.72. The molecular weight excluding hydrogens is 268 g/mol. The maximum Gasteiger partial charge on any atom is 0.253 e. The molecule has 0 aliphatic carbocycles. The molecule has 7 nitrogen and oxygen atoms in total. The molecule has 1 amide bonds. The van der Waals surface area contributed by atoms with E-state index in [4.69, 9.17) is 17.2 Å². The highest BCUT2D eigenvalue weighted by Gasteiger charge is 2.13. The van der Waals surface area contributed by atoms with Crippen molar-refractivity contribution in [1.29, 1.82) is 0 Å². The van der Waals surface area contributed by atoms with Crippen LogP contribution in [0.5, 0.6) is 0 Å². The summed E-state index contributed by atoms with van der Waals surface area (Å²) in [5.74, 6) is -0.182. The normalized spacial score (nSPS) is 11.1. The number of aliphatic imine (C=N–C) groups is 2. The Balaban J connectivity index is 3.06. The van der Waals surface area contributed by atoms with Crippen LogP contribution < -0.4 is 17.2 Å². The number of nitrogens with zero attached hydrogens (tertiary/aromatic N) is 3. The molecule has 1 aromatic rings. The number of aryl methyl sites for hydroxylation is 1. The van der Waals surface area contributed by atoms with Gasteiger partial charge in [0.15, 0.2) is 5.96 Å². The van der Waals surface area contributed by atoms with Gasteiger partial charge in [-0.05, 0) is 44.5 Å². The second-order valence-corrected chi connectivity index (χ2v) is 4.49. The SMILES string of the molecule is CCN(CC)C(=O)c1ccc(N=C(N)N=C(N)N)c(C)c1. The molecular formula is C14H22N6O. The summed E-state index contributed by atoms with van der Waals surface area (Å²) in [5.41, 5.74) is 18.1. The van der Waals surface area contributed by atoms with Gasteiger partial charge < -0.3 is 22.1 Å². The zero-order valence-corrected chi connectivity index (χ0v) is 12.6. The average molecular weight is 290 g/mol.